The Bertz CT molecular complexity index is 347. The first-order chi connectivity index (χ1) is 7.63. The van der Waals surface area contributed by atoms with Crippen LogP contribution in [0.25, 0.3) is 0 Å². The van der Waals surface area contributed by atoms with Crippen molar-refractivity contribution in [1.82, 2.24) is 15.1 Å². The van der Waals surface area contributed by atoms with Gasteiger partial charge in [0, 0.05) is 31.9 Å². The van der Waals surface area contributed by atoms with Crippen LogP contribution in [-0.4, -0.2) is 35.5 Å². The lowest BCUT2D eigenvalue weighted by Crippen LogP contribution is -2.52. The average Bonchev–Trinajstić information content (AvgIpc) is 2.69. The monoisotopic (exact) mass is 222 g/mol. The normalized spacial score (nSPS) is 30.8. The Morgan fingerprint density at radius 1 is 1.44 bits per heavy atom. The molecule has 1 aliphatic rings. The number of aryl methyl sites for hydroxylation is 1. The van der Waals surface area contributed by atoms with Gasteiger partial charge in [0.15, 0.2) is 0 Å². The summed E-state index contributed by atoms with van der Waals surface area (Å²) in [5, 5.41) is 7.66. The van der Waals surface area contributed by atoms with Crippen LogP contribution >= 0.6 is 0 Å². The highest BCUT2D eigenvalue weighted by Crippen LogP contribution is 2.28. The molecule has 1 N–H and O–H groups in total. The van der Waals surface area contributed by atoms with Gasteiger partial charge in [0.25, 0.3) is 0 Å². The van der Waals surface area contributed by atoms with Crippen molar-refractivity contribution in [2.45, 2.75) is 32.4 Å². The summed E-state index contributed by atoms with van der Waals surface area (Å²) in [6, 6.07) is 1.21. The molecule has 1 aromatic rings. The average molecular weight is 222 g/mol. The van der Waals surface area contributed by atoms with Gasteiger partial charge in [-0.1, -0.05) is 6.92 Å². The third-order valence-electron chi connectivity index (χ3n) is 3.96. The molecule has 0 bridgehead atoms. The van der Waals surface area contributed by atoms with E-state index in [1.807, 2.05) is 17.9 Å². The summed E-state index contributed by atoms with van der Waals surface area (Å²) in [6.45, 7) is 5.75. The zero-order valence-electron chi connectivity index (χ0n) is 10.6. The van der Waals surface area contributed by atoms with Crippen molar-refractivity contribution in [3.63, 3.8) is 0 Å². The Kier molecular flexibility index (Phi) is 3.19. The van der Waals surface area contributed by atoms with Crippen molar-refractivity contribution >= 4 is 5.69 Å². The van der Waals surface area contributed by atoms with Gasteiger partial charge < -0.3 is 10.2 Å². The van der Waals surface area contributed by atoms with Gasteiger partial charge in [-0.15, -0.1) is 0 Å². The van der Waals surface area contributed by atoms with Crippen molar-refractivity contribution < 1.29 is 0 Å². The SMILES string of the molecule is CNC1CCN(c2cnn(C)c2)C(C)C1C. The highest BCUT2D eigenvalue weighted by Gasteiger charge is 2.31. The number of piperidine rings is 1. The molecule has 4 nitrogen and oxygen atoms in total. The van der Waals surface area contributed by atoms with E-state index in [2.05, 4.69) is 42.4 Å². The van der Waals surface area contributed by atoms with Gasteiger partial charge in [0.2, 0.25) is 0 Å². The maximum atomic E-state index is 4.25. The lowest BCUT2D eigenvalue weighted by molar-refractivity contribution is 0.282. The maximum Gasteiger partial charge on any atom is 0.0754 e. The molecule has 2 rings (SSSR count). The van der Waals surface area contributed by atoms with Crippen LogP contribution < -0.4 is 10.2 Å². The number of nitrogens with one attached hydrogen (secondary N) is 1. The van der Waals surface area contributed by atoms with Crippen molar-refractivity contribution in [3.8, 4) is 0 Å². The molecular formula is C12H22N4. The number of hydrogen-bond donors (Lipinski definition) is 1. The quantitative estimate of drug-likeness (QED) is 0.817. The van der Waals surface area contributed by atoms with Crippen molar-refractivity contribution in [2.75, 3.05) is 18.5 Å². The van der Waals surface area contributed by atoms with Crippen LogP contribution in [0.5, 0.6) is 0 Å². The summed E-state index contributed by atoms with van der Waals surface area (Å²) in [4.78, 5) is 2.46. The van der Waals surface area contributed by atoms with E-state index in [9.17, 15) is 0 Å². The summed E-state index contributed by atoms with van der Waals surface area (Å²) < 4.78 is 1.87. The third-order valence-corrected chi connectivity index (χ3v) is 3.96. The Morgan fingerprint density at radius 2 is 2.19 bits per heavy atom. The molecule has 1 aromatic heterocycles. The molecule has 0 spiro atoms. The standard InChI is InChI=1S/C12H22N4/c1-9-10(2)16(6-5-12(9)13-3)11-7-14-15(4)8-11/h7-10,12-13H,5-6H2,1-4H3. The van der Waals surface area contributed by atoms with Gasteiger partial charge in [-0.05, 0) is 26.3 Å². The van der Waals surface area contributed by atoms with Crippen LogP contribution in [0.1, 0.15) is 20.3 Å². The number of rotatable bonds is 2. The van der Waals surface area contributed by atoms with Crippen LogP contribution in [-0.2, 0) is 7.05 Å². The van der Waals surface area contributed by atoms with E-state index in [0.717, 1.165) is 6.54 Å². The molecule has 1 aliphatic heterocycles. The van der Waals surface area contributed by atoms with E-state index in [1.54, 1.807) is 0 Å². The molecule has 3 atom stereocenters. The van der Waals surface area contributed by atoms with Crippen molar-refractivity contribution in [3.05, 3.63) is 12.4 Å². The highest BCUT2D eigenvalue weighted by atomic mass is 15.3. The predicted molar refractivity (Wildman–Crippen MR) is 66.6 cm³/mol. The third kappa shape index (κ3) is 1.94. The molecule has 16 heavy (non-hydrogen) atoms. The Labute approximate surface area is 97.6 Å². The summed E-state index contributed by atoms with van der Waals surface area (Å²) in [5.74, 6) is 0.666. The fraction of sp³-hybridized carbons (Fsp3) is 0.750. The van der Waals surface area contributed by atoms with Gasteiger partial charge in [-0.25, -0.2) is 0 Å². The molecular weight excluding hydrogens is 200 g/mol. The molecule has 4 heteroatoms. The van der Waals surface area contributed by atoms with Gasteiger partial charge in [-0.2, -0.15) is 5.10 Å². The minimum absolute atomic E-state index is 0.565. The van der Waals surface area contributed by atoms with E-state index < -0.39 is 0 Å². The Morgan fingerprint density at radius 3 is 2.75 bits per heavy atom. The van der Waals surface area contributed by atoms with Gasteiger partial charge in [0.05, 0.1) is 11.9 Å². The Hall–Kier alpha value is -1.03. The summed E-state index contributed by atoms with van der Waals surface area (Å²) in [7, 11) is 4.03. The predicted octanol–water partition coefficient (Wildman–Crippen LogP) is 1.24. The molecule has 1 fully saturated rings. The zero-order chi connectivity index (χ0) is 11.7. The van der Waals surface area contributed by atoms with E-state index >= 15 is 0 Å². The van der Waals surface area contributed by atoms with Crippen molar-refractivity contribution in [2.24, 2.45) is 13.0 Å². The maximum absolute atomic E-state index is 4.25. The first-order valence-corrected chi connectivity index (χ1v) is 6.06. The number of anilines is 1. The molecule has 1 saturated heterocycles. The molecule has 0 aliphatic carbocycles. The van der Waals surface area contributed by atoms with E-state index in [-0.39, 0.29) is 0 Å². The first-order valence-electron chi connectivity index (χ1n) is 6.06. The summed E-state index contributed by atoms with van der Waals surface area (Å²) in [6.07, 6.45) is 5.27. The minimum Gasteiger partial charge on any atom is -0.366 e. The van der Waals surface area contributed by atoms with Crippen LogP contribution in [0, 0.1) is 5.92 Å². The lowest BCUT2D eigenvalue weighted by atomic mass is 9.87. The number of nitrogens with zero attached hydrogens (tertiary/aromatic N) is 3. The number of aromatic nitrogens is 2. The zero-order valence-corrected chi connectivity index (χ0v) is 10.6. The van der Waals surface area contributed by atoms with Gasteiger partial charge in [0.1, 0.15) is 0 Å². The smallest absolute Gasteiger partial charge is 0.0754 e. The molecule has 3 unspecified atom stereocenters. The van der Waals surface area contributed by atoms with Crippen LogP contribution in [0.4, 0.5) is 5.69 Å². The van der Waals surface area contributed by atoms with E-state index in [1.165, 1.54) is 12.1 Å². The molecule has 0 amide bonds. The van der Waals surface area contributed by atoms with E-state index in [4.69, 9.17) is 0 Å². The molecule has 0 saturated carbocycles. The van der Waals surface area contributed by atoms with Crippen LogP contribution in [0.15, 0.2) is 12.4 Å². The van der Waals surface area contributed by atoms with E-state index in [0.29, 0.717) is 18.0 Å². The first kappa shape index (κ1) is 11.5. The second-order valence-electron chi connectivity index (χ2n) is 4.85. The fourth-order valence-corrected chi connectivity index (χ4v) is 2.69. The second-order valence-corrected chi connectivity index (χ2v) is 4.85. The topological polar surface area (TPSA) is 33.1 Å². The highest BCUT2D eigenvalue weighted by molar-refractivity contribution is 5.44. The largest absolute Gasteiger partial charge is 0.366 e. The molecule has 0 aromatic carbocycles. The molecule has 0 radical (unpaired) electrons. The summed E-state index contributed by atoms with van der Waals surface area (Å²) >= 11 is 0. The lowest BCUT2D eigenvalue weighted by Gasteiger charge is -2.43. The fourth-order valence-electron chi connectivity index (χ4n) is 2.69. The Balaban J connectivity index is 2.13. The van der Waals surface area contributed by atoms with Crippen LogP contribution in [0.2, 0.25) is 0 Å². The molecule has 90 valence electrons. The van der Waals surface area contributed by atoms with Gasteiger partial charge >= 0.3 is 0 Å². The van der Waals surface area contributed by atoms with Gasteiger partial charge in [-0.3, -0.25) is 4.68 Å². The minimum atomic E-state index is 0.565. The second kappa shape index (κ2) is 4.45. The van der Waals surface area contributed by atoms with Crippen molar-refractivity contribution in [1.29, 1.82) is 0 Å². The number of hydrogen-bond acceptors (Lipinski definition) is 3. The molecule has 2 heterocycles. The van der Waals surface area contributed by atoms with Crippen LogP contribution in [0.3, 0.4) is 0 Å². The summed E-state index contributed by atoms with van der Waals surface area (Å²) in [5.41, 5.74) is 1.25.